The van der Waals surface area contributed by atoms with E-state index in [1.807, 2.05) is 29.6 Å². The zero-order chi connectivity index (χ0) is 17.9. The van der Waals surface area contributed by atoms with E-state index in [0.29, 0.717) is 12.4 Å². The Bertz CT molecular complexity index is 963. The SMILES string of the molecule is COc1ccccc1-c1nc(COc2ccc(S(C)(=O)=O)cc2)cs1. The monoisotopic (exact) mass is 375 g/mol. The minimum absolute atomic E-state index is 0.270. The van der Waals surface area contributed by atoms with Crippen LogP contribution in [0.5, 0.6) is 11.5 Å². The van der Waals surface area contributed by atoms with Crippen LogP contribution in [0.3, 0.4) is 0 Å². The van der Waals surface area contributed by atoms with E-state index in [2.05, 4.69) is 4.98 Å². The summed E-state index contributed by atoms with van der Waals surface area (Å²) in [6.45, 7) is 0.309. The Labute approximate surface area is 150 Å². The third kappa shape index (κ3) is 4.18. The van der Waals surface area contributed by atoms with Gasteiger partial charge in [-0.05, 0) is 36.4 Å². The molecule has 0 fully saturated rings. The molecular weight excluding hydrogens is 358 g/mol. The van der Waals surface area contributed by atoms with E-state index >= 15 is 0 Å². The molecule has 2 aromatic carbocycles. The highest BCUT2D eigenvalue weighted by Crippen LogP contribution is 2.32. The number of benzene rings is 2. The number of hydrogen-bond acceptors (Lipinski definition) is 6. The molecule has 0 saturated carbocycles. The summed E-state index contributed by atoms with van der Waals surface area (Å²) >= 11 is 1.52. The first-order chi connectivity index (χ1) is 12.0. The van der Waals surface area contributed by atoms with Gasteiger partial charge in [0.25, 0.3) is 0 Å². The smallest absolute Gasteiger partial charge is 0.175 e. The molecule has 25 heavy (non-hydrogen) atoms. The summed E-state index contributed by atoms with van der Waals surface area (Å²) in [5.41, 5.74) is 1.75. The van der Waals surface area contributed by atoms with Crippen LogP contribution in [0.2, 0.25) is 0 Å². The van der Waals surface area contributed by atoms with E-state index in [1.165, 1.54) is 29.7 Å². The lowest BCUT2D eigenvalue weighted by atomic mass is 10.2. The molecule has 1 heterocycles. The van der Waals surface area contributed by atoms with Crippen molar-refractivity contribution in [3.63, 3.8) is 0 Å². The van der Waals surface area contributed by atoms with Crippen molar-refractivity contribution >= 4 is 21.2 Å². The largest absolute Gasteiger partial charge is 0.496 e. The van der Waals surface area contributed by atoms with Crippen LogP contribution in [0, 0.1) is 0 Å². The fourth-order valence-electron chi connectivity index (χ4n) is 2.26. The third-order valence-corrected chi connectivity index (χ3v) is 5.58. The van der Waals surface area contributed by atoms with Gasteiger partial charge in [-0.15, -0.1) is 11.3 Å². The van der Waals surface area contributed by atoms with Crippen molar-refractivity contribution in [2.45, 2.75) is 11.5 Å². The fourth-order valence-corrected chi connectivity index (χ4v) is 3.72. The molecule has 7 heteroatoms. The Hall–Kier alpha value is -2.38. The van der Waals surface area contributed by atoms with Crippen LogP contribution >= 0.6 is 11.3 Å². The minimum atomic E-state index is -3.20. The van der Waals surface area contributed by atoms with Gasteiger partial charge in [-0.3, -0.25) is 0 Å². The van der Waals surface area contributed by atoms with Crippen molar-refractivity contribution < 1.29 is 17.9 Å². The van der Waals surface area contributed by atoms with E-state index in [4.69, 9.17) is 9.47 Å². The van der Waals surface area contributed by atoms with Gasteiger partial charge in [0.15, 0.2) is 9.84 Å². The van der Waals surface area contributed by atoms with Gasteiger partial charge in [-0.25, -0.2) is 13.4 Å². The van der Waals surface area contributed by atoms with Crippen LogP contribution in [-0.2, 0) is 16.4 Å². The van der Waals surface area contributed by atoms with E-state index in [9.17, 15) is 8.42 Å². The molecule has 0 amide bonds. The number of aromatic nitrogens is 1. The minimum Gasteiger partial charge on any atom is -0.496 e. The molecule has 0 unspecified atom stereocenters. The molecule has 5 nitrogen and oxygen atoms in total. The van der Waals surface area contributed by atoms with Crippen molar-refractivity contribution in [3.05, 3.63) is 59.6 Å². The number of nitrogens with zero attached hydrogens (tertiary/aromatic N) is 1. The number of sulfone groups is 1. The molecule has 0 radical (unpaired) electrons. The number of rotatable bonds is 6. The topological polar surface area (TPSA) is 65.5 Å². The standard InChI is InChI=1S/C18H17NO4S2/c1-22-17-6-4-3-5-16(17)18-19-13(12-24-18)11-23-14-7-9-15(10-8-14)25(2,20)21/h3-10,12H,11H2,1-2H3. The van der Waals surface area contributed by atoms with Gasteiger partial charge in [-0.2, -0.15) is 0 Å². The Balaban J connectivity index is 1.70. The first-order valence-corrected chi connectivity index (χ1v) is 10.2. The number of para-hydroxylation sites is 1. The summed E-state index contributed by atoms with van der Waals surface area (Å²) in [6, 6.07) is 14.1. The quantitative estimate of drug-likeness (QED) is 0.656. The molecule has 0 aliphatic rings. The van der Waals surface area contributed by atoms with Crippen LogP contribution in [0.1, 0.15) is 5.69 Å². The number of methoxy groups -OCH3 is 1. The van der Waals surface area contributed by atoms with Gasteiger partial charge in [0.1, 0.15) is 23.1 Å². The van der Waals surface area contributed by atoms with Crippen molar-refractivity contribution in [1.29, 1.82) is 0 Å². The third-order valence-electron chi connectivity index (χ3n) is 3.53. The molecule has 0 atom stereocenters. The van der Waals surface area contributed by atoms with Gasteiger partial charge in [0.2, 0.25) is 0 Å². The van der Waals surface area contributed by atoms with Crippen LogP contribution in [0.4, 0.5) is 0 Å². The highest BCUT2D eigenvalue weighted by Gasteiger charge is 2.10. The second kappa shape index (κ2) is 7.25. The normalized spacial score (nSPS) is 11.3. The lowest BCUT2D eigenvalue weighted by Crippen LogP contribution is -1.98. The average Bonchev–Trinajstić information content (AvgIpc) is 3.08. The Morgan fingerprint density at radius 2 is 1.80 bits per heavy atom. The lowest BCUT2D eigenvalue weighted by molar-refractivity contribution is 0.302. The maximum Gasteiger partial charge on any atom is 0.175 e. The van der Waals surface area contributed by atoms with Gasteiger partial charge in [0, 0.05) is 11.6 Å². The van der Waals surface area contributed by atoms with Crippen LogP contribution in [-0.4, -0.2) is 26.8 Å². The Kier molecular flexibility index (Phi) is 5.06. The van der Waals surface area contributed by atoms with E-state index in [-0.39, 0.29) is 4.90 Å². The number of ether oxygens (including phenoxy) is 2. The zero-order valence-electron chi connectivity index (χ0n) is 13.8. The molecule has 0 aliphatic heterocycles. The zero-order valence-corrected chi connectivity index (χ0v) is 15.4. The molecule has 0 spiro atoms. The Morgan fingerprint density at radius 3 is 2.48 bits per heavy atom. The highest BCUT2D eigenvalue weighted by molar-refractivity contribution is 7.90. The first-order valence-electron chi connectivity index (χ1n) is 7.48. The van der Waals surface area contributed by atoms with Gasteiger partial charge < -0.3 is 9.47 Å². The molecule has 0 bridgehead atoms. The molecule has 3 rings (SSSR count). The van der Waals surface area contributed by atoms with Crippen molar-refractivity contribution in [3.8, 4) is 22.1 Å². The molecule has 0 aliphatic carbocycles. The fraction of sp³-hybridized carbons (Fsp3) is 0.167. The maximum atomic E-state index is 11.5. The van der Waals surface area contributed by atoms with Crippen LogP contribution in [0.25, 0.3) is 10.6 Å². The summed E-state index contributed by atoms with van der Waals surface area (Å²) in [5.74, 6) is 1.37. The second-order valence-electron chi connectivity index (χ2n) is 5.38. The van der Waals surface area contributed by atoms with Crippen molar-refractivity contribution in [1.82, 2.24) is 4.98 Å². The van der Waals surface area contributed by atoms with E-state index in [0.717, 1.165) is 22.0 Å². The summed E-state index contributed by atoms with van der Waals surface area (Å²) in [6.07, 6.45) is 1.18. The molecule has 0 saturated heterocycles. The van der Waals surface area contributed by atoms with Gasteiger partial charge >= 0.3 is 0 Å². The number of thiazole rings is 1. The first kappa shape index (κ1) is 17.4. The Morgan fingerprint density at radius 1 is 1.08 bits per heavy atom. The molecule has 130 valence electrons. The summed E-state index contributed by atoms with van der Waals surface area (Å²) < 4.78 is 34.0. The lowest BCUT2D eigenvalue weighted by Gasteiger charge is -2.06. The number of hydrogen-bond donors (Lipinski definition) is 0. The molecule has 3 aromatic rings. The van der Waals surface area contributed by atoms with E-state index in [1.54, 1.807) is 19.2 Å². The van der Waals surface area contributed by atoms with Crippen molar-refractivity contribution in [2.24, 2.45) is 0 Å². The molecule has 1 aromatic heterocycles. The summed E-state index contributed by atoms with van der Waals surface area (Å²) in [7, 11) is -1.56. The van der Waals surface area contributed by atoms with E-state index < -0.39 is 9.84 Å². The summed E-state index contributed by atoms with van der Waals surface area (Å²) in [5, 5.41) is 2.80. The van der Waals surface area contributed by atoms with Crippen LogP contribution < -0.4 is 9.47 Å². The van der Waals surface area contributed by atoms with Crippen molar-refractivity contribution in [2.75, 3.05) is 13.4 Å². The summed E-state index contributed by atoms with van der Waals surface area (Å²) in [4.78, 5) is 4.85. The highest BCUT2D eigenvalue weighted by atomic mass is 32.2. The van der Waals surface area contributed by atoms with Gasteiger partial charge in [0.05, 0.1) is 23.3 Å². The van der Waals surface area contributed by atoms with Crippen LogP contribution in [0.15, 0.2) is 58.8 Å². The second-order valence-corrected chi connectivity index (χ2v) is 8.25. The predicted molar refractivity (Wildman–Crippen MR) is 98.0 cm³/mol. The molecular formula is C18H17NO4S2. The average molecular weight is 375 g/mol. The molecule has 0 N–H and O–H groups in total. The maximum absolute atomic E-state index is 11.5. The predicted octanol–water partition coefficient (Wildman–Crippen LogP) is 3.80. The van der Waals surface area contributed by atoms with Gasteiger partial charge in [-0.1, -0.05) is 12.1 Å².